The molecule has 1 saturated heterocycles. The average Bonchev–Trinajstić information content (AvgIpc) is 2.09. The largest absolute Gasteiger partial charge is 0.481 e. The Balaban J connectivity index is 2.43. The van der Waals surface area contributed by atoms with Crippen molar-refractivity contribution in [3.8, 4) is 0 Å². The Kier molecular flexibility index (Phi) is 3.70. The van der Waals surface area contributed by atoms with Crippen LogP contribution >= 0.6 is 0 Å². The molecule has 5 nitrogen and oxygen atoms in total. The summed E-state index contributed by atoms with van der Waals surface area (Å²) in [5, 5.41) is 24.2. The maximum atomic E-state index is 10.7. The second-order valence-electron chi connectivity index (χ2n) is 5.13. The van der Waals surface area contributed by atoms with E-state index in [0.717, 1.165) is 0 Å². The quantitative estimate of drug-likeness (QED) is 0.477. The first-order valence-corrected chi connectivity index (χ1v) is 5.18. The number of hydrogen-bond donors (Lipinski definition) is 4. The molecule has 15 heavy (non-hydrogen) atoms. The molecule has 0 aliphatic carbocycles. The van der Waals surface area contributed by atoms with Gasteiger partial charge in [-0.3, -0.25) is 4.79 Å². The molecule has 0 spiro atoms. The summed E-state index contributed by atoms with van der Waals surface area (Å²) >= 11 is 0. The lowest BCUT2D eigenvalue weighted by atomic mass is 9.86. The molecular weight excluding hydrogens is 196 g/mol. The van der Waals surface area contributed by atoms with E-state index in [1.165, 1.54) is 0 Å². The van der Waals surface area contributed by atoms with Gasteiger partial charge >= 0.3 is 5.97 Å². The Bertz CT molecular complexity index is 237. The van der Waals surface area contributed by atoms with Crippen molar-refractivity contribution in [2.45, 2.75) is 25.8 Å². The van der Waals surface area contributed by atoms with Crippen LogP contribution < -0.4 is 10.6 Å². The highest BCUT2D eigenvalue weighted by Gasteiger charge is 2.39. The average molecular weight is 216 g/mol. The molecule has 0 bridgehead atoms. The molecule has 1 heterocycles. The van der Waals surface area contributed by atoms with Crippen LogP contribution in [0.2, 0.25) is 0 Å². The summed E-state index contributed by atoms with van der Waals surface area (Å²) in [5.74, 6) is -0.786. The van der Waals surface area contributed by atoms with Crippen LogP contribution in [0.5, 0.6) is 0 Å². The van der Waals surface area contributed by atoms with E-state index in [1.54, 1.807) is 0 Å². The molecule has 1 rings (SSSR count). The Morgan fingerprint density at radius 1 is 1.53 bits per heavy atom. The molecule has 0 aromatic rings. The number of aliphatic carboxylic acids is 1. The Labute approximate surface area is 89.9 Å². The third kappa shape index (κ3) is 3.44. The molecule has 1 fully saturated rings. The first kappa shape index (κ1) is 12.4. The maximum Gasteiger partial charge on any atom is 0.305 e. The molecule has 1 aliphatic heterocycles. The van der Waals surface area contributed by atoms with E-state index in [4.69, 9.17) is 10.2 Å². The lowest BCUT2D eigenvalue weighted by Crippen LogP contribution is -2.69. The number of carboxylic acids is 1. The fourth-order valence-electron chi connectivity index (χ4n) is 1.51. The molecule has 0 amide bonds. The zero-order chi connectivity index (χ0) is 11.5. The van der Waals surface area contributed by atoms with Crippen LogP contribution in [0.15, 0.2) is 0 Å². The minimum Gasteiger partial charge on any atom is -0.481 e. The van der Waals surface area contributed by atoms with Gasteiger partial charge in [-0.1, -0.05) is 13.8 Å². The Morgan fingerprint density at radius 3 is 2.47 bits per heavy atom. The number of carboxylic acid groups (broad SMARTS) is 1. The van der Waals surface area contributed by atoms with Crippen molar-refractivity contribution >= 4 is 5.97 Å². The molecule has 0 atom stereocenters. The van der Waals surface area contributed by atoms with Gasteiger partial charge in [-0.2, -0.15) is 0 Å². The van der Waals surface area contributed by atoms with E-state index in [-0.39, 0.29) is 24.0 Å². The third-order valence-electron chi connectivity index (χ3n) is 2.79. The third-order valence-corrected chi connectivity index (χ3v) is 2.79. The van der Waals surface area contributed by atoms with E-state index in [1.807, 2.05) is 13.8 Å². The molecule has 0 radical (unpaired) electrons. The van der Waals surface area contributed by atoms with Crippen molar-refractivity contribution in [3.63, 3.8) is 0 Å². The first-order chi connectivity index (χ1) is 6.89. The fraction of sp³-hybridized carbons (Fsp3) is 0.900. The van der Waals surface area contributed by atoms with E-state index in [9.17, 15) is 4.79 Å². The van der Waals surface area contributed by atoms with Gasteiger partial charge in [0, 0.05) is 31.7 Å². The van der Waals surface area contributed by atoms with Crippen molar-refractivity contribution < 1.29 is 15.0 Å². The van der Waals surface area contributed by atoms with Crippen LogP contribution in [-0.4, -0.2) is 48.0 Å². The van der Waals surface area contributed by atoms with Crippen molar-refractivity contribution in [1.29, 1.82) is 0 Å². The van der Waals surface area contributed by atoms with Gasteiger partial charge in [-0.15, -0.1) is 0 Å². The van der Waals surface area contributed by atoms with Crippen LogP contribution in [-0.2, 0) is 4.79 Å². The summed E-state index contributed by atoms with van der Waals surface area (Å²) in [5.41, 5.74) is -0.528. The summed E-state index contributed by atoms with van der Waals surface area (Å²) in [6.45, 7) is 5.97. The minimum atomic E-state index is -0.786. The van der Waals surface area contributed by atoms with E-state index in [2.05, 4.69) is 10.6 Å². The zero-order valence-electron chi connectivity index (χ0n) is 9.34. The fourth-order valence-corrected chi connectivity index (χ4v) is 1.51. The normalized spacial score (nSPS) is 19.7. The maximum absolute atomic E-state index is 10.7. The monoisotopic (exact) mass is 216 g/mol. The summed E-state index contributed by atoms with van der Waals surface area (Å²) < 4.78 is 0. The number of carbonyl (C=O) groups is 1. The second kappa shape index (κ2) is 4.47. The van der Waals surface area contributed by atoms with Gasteiger partial charge in [0.2, 0.25) is 0 Å². The molecule has 0 saturated carbocycles. The van der Waals surface area contributed by atoms with Gasteiger partial charge in [0.15, 0.2) is 0 Å². The summed E-state index contributed by atoms with van der Waals surface area (Å²) in [6, 6.07) is 0. The van der Waals surface area contributed by atoms with Gasteiger partial charge in [-0.05, 0) is 0 Å². The molecule has 1 aliphatic rings. The van der Waals surface area contributed by atoms with Crippen LogP contribution in [0.1, 0.15) is 20.3 Å². The molecule has 0 aromatic heterocycles. The smallest absolute Gasteiger partial charge is 0.305 e. The number of aliphatic hydroxyl groups excluding tert-OH is 1. The van der Waals surface area contributed by atoms with Crippen molar-refractivity contribution in [2.24, 2.45) is 5.41 Å². The SMILES string of the molecule is CC(C)(CO)CNC1(CC(=O)O)CNC1. The summed E-state index contributed by atoms with van der Waals surface area (Å²) in [4.78, 5) is 10.7. The van der Waals surface area contributed by atoms with Crippen LogP contribution in [0.4, 0.5) is 0 Å². The highest BCUT2D eigenvalue weighted by atomic mass is 16.4. The lowest BCUT2D eigenvalue weighted by molar-refractivity contribution is -0.139. The predicted molar refractivity (Wildman–Crippen MR) is 56.7 cm³/mol. The van der Waals surface area contributed by atoms with Crippen molar-refractivity contribution in [2.75, 3.05) is 26.2 Å². The van der Waals surface area contributed by atoms with Crippen molar-refractivity contribution in [1.82, 2.24) is 10.6 Å². The Hall–Kier alpha value is -0.650. The van der Waals surface area contributed by atoms with E-state index >= 15 is 0 Å². The van der Waals surface area contributed by atoms with Gasteiger partial charge in [-0.25, -0.2) is 0 Å². The minimum absolute atomic E-state index is 0.0938. The van der Waals surface area contributed by atoms with Gasteiger partial charge in [0.25, 0.3) is 0 Å². The standard InChI is InChI=1S/C10H20N2O3/c1-9(2,7-13)4-12-10(3-8(14)15)5-11-6-10/h11-13H,3-7H2,1-2H3,(H,14,15). The first-order valence-electron chi connectivity index (χ1n) is 5.18. The van der Waals surface area contributed by atoms with Gasteiger partial charge < -0.3 is 20.8 Å². The number of rotatable bonds is 6. The highest BCUT2D eigenvalue weighted by molar-refractivity contribution is 5.68. The number of nitrogens with one attached hydrogen (secondary N) is 2. The van der Waals surface area contributed by atoms with Crippen LogP contribution in [0, 0.1) is 5.41 Å². The topological polar surface area (TPSA) is 81.6 Å². The summed E-state index contributed by atoms with van der Waals surface area (Å²) in [7, 11) is 0. The van der Waals surface area contributed by atoms with Gasteiger partial charge in [0.1, 0.15) is 0 Å². The molecule has 0 aromatic carbocycles. The molecule has 0 unspecified atom stereocenters. The zero-order valence-corrected chi connectivity index (χ0v) is 9.34. The van der Waals surface area contributed by atoms with E-state index in [0.29, 0.717) is 19.6 Å². The molecule has 5 heteroatoms. The van der Waals surface area contributed by atoms with Crippen LogP contribution in [0.25, 0.3) is 0 Å². The van der Waals surface area contributed by atoms with Gasteiger partial charge in [0.05, 0.1) is 12.0 Å². The molecular formula is C10H20N2O3. The number of aliphatic hydroxyl groups is 1. The lowest BCUT2D eigenvalue weighted by Gasteiger charge is -2.44. The predicted octanol–water partition coefficient (Wildman–Crippen LogP) is -0.589. The molecule has 4 N–H and O–H groups in total. The second-order valence-corrected chi connectivity index (χ2v) is 5.13. The van der Waals surface area contributed by atoms with Crippen molar-refractivity contribution in [3.05, 3.63) is 0 Å². The highest BCUT2D eigenvalue weighted by Crippen LogP contribution is 2.19. The van der Waals surface area contributed by atoms with E-state index < -0.39 is 5.97 Å². The van der Waals surface area contributed by atoms with Crippen LogP contribution in [0.3, 0.4) is 0 Å². The Morgan fingerprint density at radius 2 is 2.13 bits per heavy atom. The summed E-state index contributed by atoms with van der Waals surface area (Å²) in [6.07, 6.45) is 0.126. The number of hydrogen-bond acceptors (Lipinski definition) is 4. The molecule has 88 valence electrons.